The molecule has 0 aliphatic carbocycles. The average Bonchev–Trinajstić information content (AvgIpc) is 2.87. The van der Waals surface area contributed by atoms with Gasteiger partial charge in [0.15, 0.2) is 0 Å². The Hall–Kier alpha value is -0.570. The second-order valence-electron chi connectivity index (χ2n) is 6.63. The highest BCUT2D eigenvalue weighted by atomic mass is 15.5. The van der Waals surface area contributed by atoms with Crippen LogP contribution < -0.4 is 5.73 Å². The maximum atomic E-state index is 5.98. The van der Waals surface area contributed by atoms with Crippen LogP contribution in [0.15, 0.2) is 5.10 Å². The molecule has 0 aromatic rings. The number of unbranched alkanes of at least 4 members (excludes halogenated alkanes) is 6. The van der Waals surface area contributed by atoms with E-state index >= 15 is 0 Å². The second-order valence-corrected chi connectivity index (χ2v) is 6.63. The molecular weight excluding hydrogens is 246 g/mol. The summed E-state index contributed by atoms with van der Waals surface area (Å²) in [5.41, 5.74) is 6.20. The largest absolute Gasteiger partial charge is 0.322 e. The first kappa shape index (κ1) is 17.5. The van der Waals surface area contributed by atoms with Crippen LogP contribution in [0.2, 0.25) is 0 Å². The highest BCUT2D eigenvalue weighted by Crippen LogP contribution is 2.30. The highest BCUT2D eigenvalue weighted by Gasteiger charge is 2.33. The molecule has 1 unspecified atom stereocenters. The zero-order valence-corrected chi connectivity index (χ0v) is 13.9. The number of hydrazone groups is 1. The Labute approximate surface area is 126 Å². The summed E-state index contributed by atoms with van der Waals surface area (Å²) in [6.45, 7) is 7.83. The normalized spacial score (nSPS) is 19.0. The van der Waals surface area contributed by atoms with Gasteiger partial charge >= 0.3 is 0 Å². The van der Waals surface area contributed by atoms with Gasteiger partial charge in [0.25, 0.3) is 0 Å². The van der Waals surface area contributed by atoms with Crippen molar-refractivity contribution < 1.29 is 0 Å². The molecule has 3 nitrogen and oxygen atoms in total. The Kier molecular flexibility index (Phi) is 8.20. The molecule has 1 atom stereocenters. The first-order valence-electron chi connectivity index (χ1n) is 8.69. The minimum absolute atomic E-state index is 0.126. The molecule has 0 saturated heterocycles. The molecule has 0 aromatic heterocycles. The predicted octanol–water partition coefficient (Wildman–Crippen LogP) is 4.31. The van der Waals surface area contributed by atoms with E-state index < -0.39 is 0 Å². The molecule has 0 saturated carbocycles. The van der Waals surface area contributed by atoms with Crippen LogP contribution in [0.25, 0.3) is 0 Å². The zero-order valence-electron chi connectivity index (χ0n) is 13.9. The Balaban J connectivity index is 2.46. The van der Waals surface area contributed by atoms with Crippen LogP contribution in [-0.4, -0.2) is 29.3 Å². The van der Waals surface area contributed by atoms with Crippen molar-refractivity contribution in [3.8, 4) is 0 Å². The summed E-state index contributed by atoms with van der Waals surface area (Å²) in [6.07, 6.45) is 15.1. The Morgan fingerprint density at radius 2 is 1.60 bits per heavy atom. The van der Waals surface area contributed by atoms with Crippen LogP contribution in [-0.2, 0) is 0 Å². The van der Waals surface area contributed by atoms with Gasteiger partial charge in [0.05, 0.1) is 18.1 Å². The molecule has 0 bridgehead atoms. The van der Waals surface area contributed by atoms with Crippen LogP contribution >= 0.6 is 0 Å². The van der Waals surface area contributed by atoms with Gasteiger partial charge in [0.2, 0.25) is 0 Å². The summed E-state index contributed by atoms with van der Waals surface area (Å²) in [6, 6.07) is 0.126. The quantitative estimate of drug-likeness (QED) is 0.573. The number of rotatable bonds is 11. The fourth-order valence-corrected chi connectivity index (χ4v) is 3.07. The molecule has 1 aliphatic heterocycles. The van der Waals surface area contributed by atoms with E-state index in [9.17, 15) is 0 Å². The van der Waals surface area contributed by atoms with E-state index in [-0.39, 0.29) is 11.6 Å². The molecule has 1 heterocycles. The van der Waals surface area contributed by atoms with Crippen LogP contribution in [0.3, 0.4) is 0 Å². The number of hydrogen-bond acceptors (Lipinski definition) is 3. The Bertz CT molecular complexity index is 263. The maximum absolute atomic E-state index is 5.98. The van der Waals surface area contributed by atoms with Gasteiger partial charge in [-0.25, -0.2) is 0 Å². The summed E-state index contributed by atoms with van der Waals surface area (Å²) in [7, 11) is 0. The first-order valence-corrected chi connectivity index (χ1v) is 8.69. The van der Waals surface area contributed by atoms with Crippen LogP contribution in [0.4, 0.5) is 0 Å². The minimum atomic E-state index is 0.126. The third-order valence-corrected chi connectivity index (χ3v) is 4.54. The third-order valence-electron chi connectivity index (χ3n) is 4.54. The molecule has 1 rings (SSSR count). The van der Waals surface area contributed by atoms with Crippen molar-refractivity contribution in [3.05, 3.63) is 0 Å². The van der Waals surface area contributed by atoms with Crippen molar-refractivity contribution in [2.75, 3.05) is 6.54 Å². The SMILES string of the molecule is CCCCCCC(C)(CCCCCC)N1CC(N)C=N1. The molecule has 0 fully saturated rings. The zero-order chi connectivity index (χ0) is 14.8. The monoisotopic (exact) mass is 281 g/mol. The molecule has 0 radical (unpaired) electrons. The standard InChI is InChI=1S/C17H35N3/c1-4-6-8-10-12-17(3,13-11-9-7-5-2)20-15-16(18)14-19-20/h14,16H,4-13,15,18H2,1-3H3. The van der Waals surface area contributed by atoms with Crippen LogP contribution in [0, 0.1) is 0 Å². The summed E-state index contributed by atoms with van der Waals surface area (Å²) in [5.74, 6) is 0. The predicted molar refractivity (Wildman–Crippen MR) is 89.1 cm³/mol. The van der Waals surface area contributed by atoms with E-state index in [1.165, 1.54) is 64.2 Å². The van der Waals surface area contributed by atoms with Gasteiger partial charge in [0.1, 0.15) is 0 Å². The van der Waals surface area contributed by atoms with Crippen LogP contribution in [0.5, 0.6) is 0 Å². The molecule has 1 aliphatic rings. The average molecular weight is 281 g/mol. The van der Waals surface area contributed by atoms with E-state index in [4.69, 9.17) is 5.73 Å². The van der Waals surface area contributed by atoms with Gasteiger partial charge in [-0.2, -0.15) is 5.10 Å². The Morgan fingerprint density at radius 3 is 2.00 bits per heavy atom. The van der Waals surface area contributed by atoms with E-state index in [1.807, 2.05) is 6.21 Å². The van der Waals surface area contributed by atoms with Gasteiger partial charge in [-0.15, -0.1) is 0 Å². The first-order chi connectivity index (χ1) is 9.62. The fourth-order valence-electron chi connectivity index (χ4n) is 3.07. The number of nitrogens with zero attached hydrogens (tertiary/aromatic N) is 2. The van der Waals surface area contributed by atoms with Crippen molar-refractivity contribution in [1.82, 2.24) is 5.01 Å². The Morgan fingerprint density at radius 1 is 1.05 bits per heavy atom. The minimum Gasteiger partial charge on any atom is -0.322 e. The van der Waals surface area contributed by atoms with Gasteiger partial charge in [-0.05, 0) is 19.8 Å². The summed E-state index contributed by atoms with van der Waals surface area (Å²) < 4.78 is 0. The fraction of sp³-hybridized carbons (Fsp3) is 0.941. The van der Waals surface area contributed by atoms with Crippen LogP contribution in [0.1, 0.15) is 85.0 Å². The van der Waals surface area contributed by atoms with Crippen molar-refractivity contribution >= 4 is 6.21 Å². The van der Waals surface area contributed by atoms with E-state index in [0.717, 1.165) is 6.54 Å². The highest BCUT2D eigenvalue weighted by molar-refractivity contribution is 5.66. The van der Waals surface area contributed by atoms with Crippen molar-refractivity contribution in [2.45, 2.75) is 96.6 Å². The summed E-state index contributed by atoms with van der Waals surface area (Å²) in [5, 5.41) is 6.84. The smallest absolute Gasteiger partial charge is 0.0612 e. The molecule has 0 amide bonds. The van der Waals surface area contributed by atoms with Gasteiger partial charge < -0.3 is 5.73 Å². The molecule has 0 aromatic carbocycles. The lowest BCUT2D eigenvalue weighted by molar-refractivity contribution is 0.0935. The number of hydrogen-bond donors (Lipinski definition) is 1. The van der Waals surface area contributed by atoms with E-state index in [2.05, 4.69) is 30.9 Å². The number of nitrogens with two attached hydrogens (primary N) is 1. The summed E-state index contributed by atoms with van der Waals surface area (Å²) in [4.78, 5) is 0. The van der Waals surface area contributed by atoms with Gasteiger partial charge in [-0.1, -0.05) is 65.2 Å². The molecule has 20 heavy (non-hydrogen) atoms. The van der Waals surface area contributed by atoms with Crippen molar-refractivity contribution in [2.24, 2.45) is 10.8 Å². The second kappa shape index (κ2) is 9.38. The lowest BCUT2D eigenvalue weighted by atomic mass is 9.87. The lowest BCUT2D eigenvalue weighted by Crippen LogP contribution is -2.44. The lowest BCUT2D eigenvalue weighted by Gasteiger charge is -2.38. The van der Waals surface area contributed by atoms with Gasteiger partial charge in [-0.3, -0.25) is 5.01 Å². The third kappa shape index (κ3) is 5.82. The molecule has 3 heteroatoms. The summed E-state index contributed by atoms with van der Waals surface area (Å²) >= 11 is 0. The molecule has 2 N–H and O–H groups in total. The van der Waals surface area contributed by atoms with Crippen molar-refractivity contribution in [1.29, 1.82) is 0 Å². The van der Waals surface area contributed by atoms with E-state index in [1.54, 1.807) is 0 Å². The van der Waals surface area contributed by atoms with Crippen molar-refractivity contribution in [3.63, 3.8) is 0 Å². The molecule has 118 valence electrons. The molecular formula is C17H35N3. The van der Waals surface area contributed by atoms with E-state index in [0.29, 0.717) is 0 Å². The van der Waals surface area contributed by atoms with Gasteiger partial charge in [0, 0.05) is 6.21 Å². The maximum Gasteiger partial charge on any atom is 0.0612 e. The topological polar surface area (TPSA) is 41.6 Å². The molecule has 0 spiro atoms.